The van der Waals surface area contributed by atoms with Gasteiger partial charge in [0.1, 0.15) is 10.8 Å². The molecule has 0 atom stereocenters. The Balaban J connectivity index is 0.000000655. The van der Waals surface area contributed by atoms with E-state index in [1.807, 2.05) is 0 Å². The van der Waals surface area contributed by atoms with Gasteiger partial charge in [-0.05, 0) is 24.3 Å². The summed E-state index contributed by atoms with van der Waals surface area (Å²) in [4.78, 5) is 19.9. The Kier molecular flexibility index (Phi) is 17.2. The van der Waals surface area contributed by atoms with Crippen LogP contribution in [0.3, 0.4) is 0 Å². The van der Waals surface area contributed by atoms with Crippen LogP contribution >= 0.6 is 11.6 Å². The van der Waals surface area contributed by atoms with Crippen molar-refractivity contribution in [2.24, 2.45) is 0 Å². The number of benzene rings is 2. The molecule has 0 aliphatic heterocycles. The molecule has 2 aromatic carbocycles. The van der Waals surface area contributed by atoms with Crippen molar-refractivity contribution in [3.8, 4) is 0 Å². The summed E-state index contributed by atoms with van der Waals surface area (Å²) in [6.45, 7) is 0. The fraction of sp³-hybridized carbons (Fsp3) is 0.0833. The first-order chi connectivity index (χ1) is 19.3. The molecule has 15 nitrogen and oxygen atoms in total. The molecule has 0 radical (unpaired) electrons. The molecule has 4 rings (SSSR count). The molecule has 2 heterocycles. The summed E-state index contributed by atoms with van der Waals surface area (Å²) < 4.78 is 47.3. The molecule has 0 aliphatic rings. The summed E-state index contributed by atoms with van der Waals surface area (Å²) in [5.41, 5.74) is -0.611. The van der Waals surface area contributed by atoms with E-state index >= 15 is 0 Å². The van der Waals surface area contributed by atoms with Crippen LogP contribution in [0.1, 0.15) is 5.56 Å². The fourth-order valence-corrected chi connectivity index (χ4v) is 5.38. The Hall–Kier alpha value is -3.07. The third-order valence-electron chi connectivity index (χ3n) is 4.88. The molecule has 0 bridgehead atoms. The maximum absolute atomic E-state index is 12.2. The van der Waals surface area contributed by atoms with Crippen molar-refractivity contribution in [1.82, 2.24) is 0 Å². The SMILES string of the molecule is O=S(=O)(CCl)c1ccccc1.O=[N+]([O-])c1cc[n+]([O-])cc1.O=[N+]([O-])c1cc[n+]([O-])cc1CS(=O)(=O)c1ccccc1.[K+].[OH-]. The number of rotatable bonds is 7. The minimum Gasteiger partial charge on any atom is -0.870 e. The second kappa shape index (κ2) is 18.6. The van der Waals surface area contributed by atoms with E-state index in [0.29, 0.717) is 9.46 Å². The Morgan fingerprint density at radius 2 is 1.12 bits per heavy atom. The standard InChI is InChI=1S/C12H10N2O5S.C7H7ClO2S.C5H4N2O3.K.H2O/c15-13-7-6-12(14(16)17)10(8-13)9-20(18,19)11-4-2-1-3-5-11;8-6-11(9,10)7-4-2-1-3-5-7;8-6-3-1-5(2-4-6)7(9)10;;/h1-8H,9H2;1-5H,6H2;1-4H;;1H2/q;;;+1;/p-1. The maximum Gasteiger partial charge on any atom is 1.00 e. The van der Waals surface area contributed by atoms with E-state index in [2.05, 4.69) is 0 Å². The van der Waals surface area contributed by atoms with E-state index in [1.165, 1.54) is 24.3 Å². The number of aromatic nitrogens is 2. The molecule has 1 N–H and O–H groups in total. The smallest absolute Gasteiger partial charge is 0.870 e. The predicted molar refractivity (Wildman–Crippen MR) is 148 cm³/mol. The molecule has 0 aliphatic carbocycles. The zero-order valence-electron chi connectivity index (χ0n) is 22.2. The van der Waals surface area contributed by atoms with Crippen LogP contribution in [0.5, 0.6) is 0 Å². The van der Waals surface area contributed by atoms with Crippen molar-refractivity contribution in [3.05, 3.63) is 140 Å². The Bertz CT molecular complexity index is 1700. The van der Waals surface area contributed by atoms with Gasteiger partial charge in [-0.3, -0.25) is 20.2 Å². The first kappa shape index (κ1) is 39.9. The average Bonchev–Trinajstić information content (AvgIpc) is 2.94. The molecular weight excluding hydrogens is 659 g/mol. The molecule has 43 heavy (non-hydrogen) atoms. The van der Waals surface area contributed by atoms with Gasteiger partial charge in [0, 0.05) is 0 Å². The Labute approximate surface area is 293 Å². The monoisotopic (exact) mass is 680 g/mol. The second-order valence-corrected chi connectivity index (χ2v) is 12.3. The predicted octanol–water partition coefficient (Wildman–Crippen LogP) is -0.0859. The summed E-state index contributed by atoms with van der Waals surface area (Å²) >= 11 is 5.24. The number of hydrogen-bond acceptors (Lipinski definition) is 11. The van der Waals surface area contributed by atoms with Crippen LogP contribution in [0.15, 0.2) is 113 Å². The minimum atomic E-state index is -3.74. The van der Waals surface area contributed by atoms with Gasteiger partial charge in [-0.25, -0.2) is 16.8 Å². The van der Waals surface area contributed by atoms with Gasteiger partial charge in [-0.1, -0.05) is 36.4 Å². The second-order valence-electron chi connectivity index (χ2n) is 7.75. The van der Waals surface area contributed by atoms with Gasteiger partial charge in [0.05, 0.1) is 43.6 Å². The molecule has 0 amide bonds. The van der Waals surface area contributed by atoms with Crippen LogP contribution < -0.4 is 60.8 Å². The zero-order chi connectivity index (χ0) is 30.6. The first-order valence-electron chi connectivity index (χ1n) is 11.1. The summed E-state index contributed by atoms with van der Waals surface area (Å²) in [6.07, 6.45) is 4.02. The normalized spacial score (nSPS) is 10.3. The quantitative estimate of drug-likeness (QED) is 0.0624. The van der Waals surface area contributed by atoms with E-state index in [9.17, 15) is 47.5 Å². The van der Waals surface area contributed by atoms with Gasteiger partial charge in [-0.15, -0.1) is 11.6 Å². The maximum atomic E-state index is 12.2. The van der Waals surface area contributed by atoms with Crippen molar-refractivity contribution >= 4 is 42.7 Å². The third-order valence-corrected chi connectivity index (χ3v) is 8.70. The van der Waals surface area contributed by atoms with Crippen molar-refractivity contribution in [1.29, 1.82) is 0 Å². The van der Waals surface area contributed by atoms with Crippen LogP contribution in [0.2, 0.25) is 0 Å². The van der Waals surface area contributed by atoms with E-state index < -0.39 is 41.0 Å². The van der Waals surface area contributed by atoms with Crippen LogP contribution in [0.25, 0.3) is 0 Å². The summed E-state index contributed by atoms with van der Waals surface area (Å²) in [5.74, 6) is -0.601. The van der Waals surface area contributed by atoms with E-state index in [0.717, 1.165) is 43.0 Å². The number of nitrogens with zero attached hydrogens (tertiary/aromatic N) is 4. The van der Waals surface area contributed by atoms with Crippen molar-refractivity contribution in [2.75, 3.05) is 5.21 Å². The van der Waals surface area contributed by atoms with Crippen molar-refractivity contribution in [3.63, 3.8) is 0 Å². The molecule has 0 spiro atoms. The molecule has 0 saturated heterocycles. The molecule has 0 fully saturated rings. The number of alkyl halides is 1. The van der Waals surface area contributed by atoms with Gasteiger partial charge in [0.25, 0.3) is 11.4 Å². The number of sulfone groups is 2. The number of halogens is 1. The molecule has 0 unspecified atom stereocenters. The van der Waals surface area contributed by atoms with Gasteiger partial charge in [0.15, 0.2) is 44.5 Å². The fourth-order valence-electron chi connectivity index (χ4n) is 2.94. The third kappa shape index (κ3) is 13.0. The number of hydrogen-bond donors (Lipinski definition) is 0. The van der Waals surface area contributed by atoms with Crippen LogP contribution in [0.4, 0.5) is 11.4 Å². The number of pyridine rings is 2. The van der Waals surface area contributed by atoms with Crippen molar-refractivity contribution in [2.45, 2.75) is 15.5 Å². The van der Waals surface area contributed by atoms with E-state index in [4.69, 9.17) is 11.6 Å². The molecular formula is C24H22ClKN4O11S2. The van der Waals surface area contributed by atoms with Gasteiger partial charge < -0.3 is 15.9 Å². The zero-order valence-corrected chi connectivity index (χ0v) is 27.8. The summed E-state index contributed by atoms with van der Waals surface area (Å²) in [6, 6.07) is 19.0. The molecule has 224 valence electrons. The molecule has 19 heteroatoms. The van der Waals surface area contributed by atoms with Gasteiger partial charge >= 0.3 is 51.4 Å². The van der Waals surface area contributed by atoms with Crippen LogP contribution in [-0.4, -0.2) is 37.4 Å². The van der Waals surface area contributed by atoms with Crippen LogP contribution in [-0.2, 0) is 25.4 Å². The number of nitro groups is 2. The molecule has 0 saturated carbocycles. The topological polar surface area (TPSA) is 238 Å². The van der Waals surface area contributed by atoms with E-state index in [-0.39, 0.29) is 83.1 Å². The average molecular weight is 681 g/mol. The first-order valence-corrected chi connectivity index (χ1v) is 14.9. The van der Waals surface area contributed by atoms with E-state index in [1.54, 1.807) is 36.4 Å². The Morgan fingerprint density at radius 1 is 0.674 bits per heavy atom. The Morgan fingerprint density at radius 3 is 1.53 bits per heavy atom. The largest absolute Gasteiger partial charge is 1.00 e. The summed E-state index contributed by atoms with van der Waals surface area (Å²) in [7, 11) is -6.98. The molecule has 4 aromatic rings. The van der Waals surface area contributed by atoms with Gasteiger partial charge in [0.2, 0.25) is 0 Å². The van der Waals surface area contributed by atoms with Gasteiger partial charge in [-0.2, -0.15) is 9.46 Å². The van der Waals surface area contributed by atoms with Crippen LogP contribution in [0, 0.1) is 30.6 Å². The minimum absolute atomic E-state index is 0. The molecule has 2 aromatic heterocycles. The van der Waals surface area contributed by atoms with Crippen molar-refractivity contribution < 1.29 is 93.0 Å². The summed E-state index contributed by atoms with van der Waals surface area (Å²) in [5, 5.41) is 42.0.